The van der Waals surface area contributed by atoms with Crippen molar-refractivity contribution in [3.05, 3.63) is 34.9 Å². The summed E-state index contributed by atoms with van der Waals surface area (Å²) in [5.74, 6) is -0.789. The summed E-state index contributed by atoms with van der Waals surface area (Å²) in [6.45, 7) is 7.89. The molecule has 0 heterocycles. The van der Waals surface area contributed by atoms with Gasteiger partial charge in [0.15, 0.2) is 0 Å². The van der Waals surface area contributed by atoms with Crippen LogP contribution in [-0.4, -0.2) is 29.1 Å². The molecule has 17 heavy (non-hydrogen) atoms. The van der Waals surface area contributed by atoms with Gasteiger partial charge in [0.25, 0.3) is 0 Å². The second kappa shape index (κ2) is 5.32. The summed E-state index contributed by atoms with van der Waals surface area (Å²) in [4.78, 5) is 12.8. The average Bonchev–Trinajstić information content (AvgIpc) is 2.29. The topological polar surface area (TPSA) is 40.5 Å². The third-order valence-corrected chi connectivity index (χ3v) is 3.59. The highest BCUT2D eigenvalue weighted by molar-refractivity contribution is 5.72. The summed E-state index contributed by atoms with van der Waals surface area (Å²) in [5, 5.41) is 9.01. The van der Waals surface area contributed by atoms with Gasteiger partial charge in [0.1, 0.15) is 6.04 Å². The quantitative estimate of drug-likeness (QED) is 0.872. The molecule has 3 heteroatoms. The number of aliphatic carboxylic acids is 1. The lowest BCUT2D eigenvalue weighted by molar-refractivity contribution is -0.142. The summed E-state index contributed by atoms with van der Waals surface area (Å²) in [5.41, 5.74) is 3.66. The summed E-state index contributed by atoms with van der Waals surface area (Å²) in [7, 11) is 1.85. The van der Waals surface area contributed by atoms with Crippen LogP contribution in [0.1, 0.15) is 36.6 Å². The van der Waals surface area contributed by atoms with Crippen LogP contribution in [0.5, 0.6) is 0 Å². The van der Waals surface area contributed by atoms with Crippen LogP contribution in [0.25, 0.3) is 0 Å². The molecular weight excluding hydrogens is 214 g/mol. The van der Waals surface area contributed by atoms with Crippen molar-refractivity contribution in [3.8, 4) is 0 Å². The molecule has 1 rings (SSSR count). The molecular formula is C14H21NO2. The summed E-state index contributed by atoms with van der Waals surface area (Å²) >= 11 is 0. The largest absolute Gasteiger partial charge is 0.480 e. The molecule has 0 radical (unpaired) electrons. The van der Waals surface area contributed by atoms with Gasteiger partial charge in [-0.25, -0.2) is 0 Å². The van der Waals surface area contributed by atoms with Crippen molar-refractivity contribution in [2.24, 2.45) is 0 Å². The molecule has 3 nitrogen and oxygen atoms in total. The molecule has 94 valence electrons. The summed E-state index contributed by atoms with van der Waals surface area (Å²) < 4.78 is 0. The minimum Gasteiger partial charge on any atom is -0.480 e. The van der Waals surface area contributed by atoms with Crippen LogP contribution in [-0.2, 0) is 4.79 Å². The van der Waals surface area contributed by atoms with Crippen molar-refractivity contribution < 1.29 is 9.90 Å². The highest BCUT2D eigenvalue weighted by Crippen LogP contribution is 2.22. The van der Waals surface area contributed by atoms with Gasteiger partial charge >= 0.3 is 5.97 Å². The predicted octanol–water partition coefficient (Wildman–Crippen LogP) is 2.77. The van der Waals surface area contributed by atoms with Crippen molar-refractivity contribution in [1.82, 2.24) is 4.90 Å². The van der Waals surface area contributed by atoms with Crippen molar-refractivity contribution in [2.45, 2.75) is 39.8 Å². The average molecular weight is 235 g/mol. The van der Waals surface area contributed by atoms with Crippen LogP contribution in [0, 0.1) is 13.8 Å². The van der Waals surface area contributed by atoms with E-state index in [0.29, 0.717) is 0 Å². The number of carboxylic acid groups (broad SMARTS) is 1. The van der Waals surface area contributed by atoms with Crippen LogP contribution in [0.2, 0.25) is 0 Å². The van der Waals surface area contributed by atoms with E-state index in [0.717, 1.165) is 5.56 Å². The number of likely N-dealkylation sites (N-methyl/N-ethyl adjacent to an activating group) is 1. The number of hydrogen-bond donors (Lipinski definition) is 1. The molecule has 0 fully saturated rings. The van der Waals surface area contributed by atoms with Gasteiger partial charge in [-0.2, -0.15) is 0 Å². The Kier molecular flexibility index (Phi) is 4.29. The molecule has 2 unspecified atom stereocenters. The highest BCUT2D eigenvalue weighted by Gasteiger charge is 2.22. The van der Waals surface area contributed by atoms with E-state index in [2.05, 4.69) is 32.0 Å². The number of carboxylic acids is 1. The molecule has 0 aliphatic heterocycles. The number of carbonyl (C=O) groups is 1. The maximum atomic E-state index is 11.0. The number of hydrogen-bond acceptors (Lipinski definition) is 2. The first-order valence-electron chi connectivity index (χ1n) is 5.86. The SMILES string of the molecule is Cc1ccc(C(C)N(C)C(C)C(=O)O)cc1C. The van der Waals surface area contributed by atoms with Crippen LogP contribution in [0.4, 0.5) is 0 Å². The monoisotopic (exact) mass is 235 g/mol. The predicted molar refractivity (Wildman–Crippen MR) is 69.2 cm³/mol. The molecule has 1 N–H and O–H groups in total. The van der Waals surface area contributed by atoms with E-state index < -0.39 is 12.0 Å². The fourth-order valence-electron chi connectivity index (χ4n) is 1.77. The lowest BCUT2D eigenvalue weighted by Gasteiger charge is -2.28. The Balaban J connectivity index is 2.92. The molecule has 0 spiro atoms. The summed E-state index contributed by atoms with van der Waals surface area (Å²) in [6, 6.07) is 5.90. The van der Waals surface area contributed by atoms with E-state index in [1.165, 1.54) is 11.1 Å². The maximum absolute atomic E-state index is 11.0. The van der Waals surface area contributed by atoms with Crippen molar-refractivity contribution in [3.63, 3.8) is 0 Å². The van der Waals surface area contributed by atoms with Gasteiger partial charge in [-0.05, 0) is 51.4 Å². The first-order chi connectivity index (χ1) is 7.84. The lowest BCUT2D eigenvalue weighted by atomic mass is 10.0. The Labute approximate surface area is 103 Å². The van der Waals surface area contributed by atoms with Gasteiger partial charge in [-0.1, -0.05) is 18.2 Å². The molecule has 1 aromatic carbocycles. The molecule has 0 saturated carbocycles. The number of nitrogens with zero attached hydrogens (tertiary/aromatic N) is 1. The van der Waals surface area contributed by atoms with Crippen molar-refractivity contribution >= 4 is 5.97 Å². The van der Waals surface area contributed by atoms with E-state index in [4.69, 9.17) is 5.11 Å². The van der Waals surface area contributed by atoms with Gasteiger partial charge in [-0.3, -0.25) is 9.69 Å². The van der Waals surface area contributed by atoms with E-state index in [9.17, 15) is 4.79 Å². The number of benzene rings is 1. The lowest BCUT2D eigenvalue weighted by Crippen LogP contribution is -2.37. The number of rotatable bonds is 4. The molecule has 0 saturated heterocycles. The van der Waals surface area contributed by atoms with E-state index >= 15 is 0 Å². The van der Waals surface area contributed by atoms with Crippen LogP contribution >= 0.6 is 0 Å². The first kappa shape index (κ1) is 13.7. The van der Waals surface area contributed by atoms with Gasteiger partial charge in [0, 0.05) is 6.04 Å². The zero-order chi connectivity index (χ0) is 13.2. The molecule has 0 aliphatic rings. The van der Waals surface area contributed by atoms with E-state index in [1.807, 2.05) is 18.9 Å². The Hall–Kier alpha value is -1.35. The minimum atomic E-state index is -0.789. The van der Waals surface area contributed by atoms with Crippen LogP contribution < -0.4 is 0 Å². The molecule has 1 aromatic rings. The molecule has 0 aromatic heterocycles. The Morgan fingerprint density at radius 1 is 1.24 bits per heavy atom. The number of aryl methyl sites for hydroxylation is 2. The summed E-state index contributed by atoms with van der Waals surface area (Å²) in [6.07, 6.45) is 0. The second-order valence-electron chi connectivity index (χ2n) is 4.70. The van der Waals surface area contributed by atoms with Gasteiger partial charge in [0.05, 0.1) is 0 Å². The Morgan fingerprint density at radius 2 is 1.82 bits per heavy atom. The molecule has 0 bridgehead atoms. The highest BCUT2D eigenvalue weighted by atomic mass is 16.4. The van der Waals surface area contributed by atoms with Gasteiger partial charge < -0.3 is 5.11 Å². The third-order valence-electron chi connectivity index (χ3n) is 3.59. The molecule has 0 amide bonds. The fourth-order valence-corrected chi connectivity index (χ4v) is 1.77. The Morgan fingerprint density at radius 3 is 2.29 bits per heavy atom. The first-order valence-corrected chi connectivity index (χ1v) is 5.86. The van der Waals surface area contributed by atoms with Crippen LogP contribution in [0.3, 0.4) is 0 Å². The van der Waals surface area contributed by atoms with E-state index in [1.54, 1.807) is 6.92 Å². The van der Waals surface area contributed by atoms with Crippen molar-refractivity contribution in [1.29, 1.82) is 0 Å². The normalized spacial score (nSPS) is 14.7. The molecule has 0 aliphatic carbocycles. The van der Waals surface area contributed by atoms with Gasteiger partial charge in [-0.15, -0.1) is 0 Å². The van der Waals surface area contributed by atoms with E-state index in [-0.39, 0.29) is 6.04 Å². The smallest absolute Gasteiger partial charge is 0.320 e. The fraction of sp³-hybridized carbons (Fsp3) is 0.500. The van der Waals surface area contributed by atoms with Crippen LogP contribution in [0.15, 0.2) is 18.2 Å². The standard InChI is InChI=1S/C14H21NO2/c1-9-6-7-13(8-10(9)2)11(3)15(5)12(4)14(16)17/h6-8,11-12H,1-5H3,(H,16,17). The zero-order valence-corrected chi connectivity index (χ0v) is 11.2. The molecule has 2 atom stereocenters. The zero-order valence-electron chi connectivity index (χ0n) is 11.2. The van der Waals surface area contributed by atoms with Crippen molar-refractivity contribution in [2.75, 3.05) is 7.05 Å². The third kappa shape index (κ3) is 3.07. The Bertz CT molecular complexity index is 415. The minimum absolute atomic E-state index is 0.0976. The second-order valence-corrected chi connectivity index (χ2v) is 4.70. The van der Waals surface area contributed by atoms with Gasteiger partial charge in [0.2, 0.25) is 0 Å². The maximum Gasteiger partial charge on any atom is 0.320 e.